The highest BCUT2D eigenvalue weighted by Gasteiger charge is 2.16. The lowest BCUT2D eigenvalue weighted by atomic mass is 10.0. The maximum absolute atomic E-state index is 10.4. The van der Waals surface area contributed by atoms with Gasteiger partial charge in [-0.2, -0.15) is 0 Å². The van der Waals surface area contributed by atoms with Crippen molar-refractivity contribution in [3.8, 4) is 5.75 Å². The van der Waals surface area contributed by atoms with Crippen LogP contribution in [0.1, 0.15) is 17.2 Å². The van der Waals surface area contributed by atoms with Gasteiger partial charge in [0.05, 0.1) is 12.1 Å². The second-order valence-electron chi connectivity index (χ2n) is 3.96. The van der Waals surface area contributed by atoms with Gasteiger partial charge in [-0.15, -0.1) is 0 Å². The molecule has 0 aromatic heterocycles. The first-order chi connectivity index (χ1) is 9.02. The number of hydrogen-bond acceptors (Lipinski definition) is 2. The van der Waals surface area contributed by atoms with Crippen LogP contribution in [-0.4, -0.2) is 12.2 Å². The molecule has 0 bridgehead atoms. The molecule has 2 aromatic carbocycles. The topological polar surface area (TPSA) is 29.5 Å². The van der Waals surface area contributed by atoms with E-state index in [-0.39, 0.29) is 0 Å². The molecule has 0 amide bonds. The van der Waals surface area contributed by atoms with Crippen molar-refractivity contribution in [1.29, 1.82) is 0 Å². The van der Waals surface area contributed by atoms with Crippen molar-refractivity contribution in [2.45, 2.75) is 6.10 Å². The van der Waals surface area contributed by atoms with Gasteiger partial charge in [0.1, 0.15) is 11.9 Å². The molecule has 1 unspecified atom stereocenters. The maximum atomic E-state index is 10.4. The Bertz CT molecular complexity index is 602. The van der Waals surface area contributed by atoms with Crippen LogP contribution in [0.15, 0.2) is 40.9 Å². The third-order valence-electron chi connectivity index (χ3n) is 2.74. The van der Waals surface area contributed by atoms with Crippen LogP contribution in [0.4, 0.5) is 0 Å². The van der Waals surface area contributed by atoms with Crippen molar-refractivity contribution in [3.05, 3.63) is 62.0 Å². The minimum Gasteiger partial charge on any atom is -0.495 e. The van der Waals surface area contributed by atoms with Gasteiger partial charge >= 0.3 is 0 Å². The number of halogens is 3. The van der Waals surface area contributed by atoms with Crippen molar-refractivity contribution in [2.75, 3.05) is 7.11 Å². The number of methoxy groups -OCH3 is 1. The molecule has 2 rings (SSSR count). The van der Waals surface area contributed by atoms with Crippen LogP contribution >= 0.6 is 39.1 Å². The van der Waals surface area contributed by atoms with Gasteiger partial charge in [-0.3, -0.25) is 0 Å². The van der Waals surface area contributed by atoms with Gasteiger partial charge in [0.25, 0.3) is 0 Å². The molecule has 0 spiro atoms. The van der Waals surface area contributed by atoms with E-state index < -0.39 is 6.10 Å². The molecule has 0 radical (unpaired) electrons. The molecular weight excluding hydrogens is 351 g/mol. The van der Waals surface area contributed by atoms with Gasteiger partial charge in [0.2, 0.25) is 0 Å². The van der Waals surface area contributed by atoms with Gasteiger partial charge in [-0.1, -0.05) is 45.2 Å². The Morgan fingerprint density at radius 1 is 1.16 bits per heavy atom. The molecule has 2 nitrogen and oxygen atoms in total. The van der Waals surface area contributed by atoms with Crippen LogP contribution in [0.25, 0.3) is 0 Å². The normalized spacial score (nSPS) is 12.3. The summed E-state index contributed by atoms with van der Waals surface area (Å²) in [7, 11) is 1.53. The van der Waals surface area contributed by atoms with Crippen LogP contribution in [0.2, 0.25) is 10.0 Å². The monoisotopic (exact) mass is 360 g/mol. The van der Waals surface area contributed by atoms with Gasteiger partial charge in [-0.05, 0) is 35.9 Å². The number of rotatable bonds is 3. The van der Waals surface area contributed by atoms with Crippen molar-refractivity contribution in [2.24, 2.45) is 0 Å². The second kappa shape index (κ2) is 6.14. The summed E-state index contributed by atoms with van der Waals surface area (Å²) in [4.78, 5) is 0. The van der Waals surface area contributed by atoms with E-state index in [1.54, 1.807) is 36.4 Å². The zero-order chi connectivity index (χ0) is 14.0. The Labute approximate surface area is 130 Å². The number of ether oxygens (including phenoxy) is 1. The smallest absolute Gasteiger partial charge is 0.137 e. The number of hydrogen-bond donors (Lipinski definition) is 1. The quantitative estimate of drug-likeness (QED) is 0.846. The molecule has 0 saturated heterocycles. The van der Waals surface area contributed by atoms with Crippen molar-refractivity contribution < 1.29 is 9.84 Å². The minimum absolute atomic E-state index is 0.503. The van der Waals surface area contributed by atoms with E-state index in [1.807, 2.05) is 0 Å². The summed E-state index contributed by atoms with van der Waals surface area (Å²) >= 11 is 15.3. The van der Waals surface area contributed by atoms with E-state index in [9.17, 15) is 5.11 Å². The lowest BCUT2D eigenvalue weighted by Gasteiger charge is -2.15. The molecule has 2 aromatic rings. The van der Waals surface area contributed by atoms with Crippen LogP contribution in [-0.2, 0) is 0 Å². The van der Waals surface area contributed by atoms with Crippen LogP contribution in [0, 0.1) is 0 Å². The molecule has 1 atom stereocenters. The average molecular weight is 362 g/mol. The third-order valence-corrected chi connectivity index (χ3v) is 4.01. The highest BCUT2D eigenvalue weighted by atomic mass is 79.9. The SMILES string of the molecule is COc1cc(C(O)c2cc(Cl)ccc2Br)ccc1Cl. The molecule has 0 fully saturated rings. The molecule has 1 N–H and O–H groups in total. The fourth-order valence-electron chi connectivity index (χ4n) is 1.75. The summed E-state index contributed by atoms with van der Waals surface area (Å²) in [5.74, 6) is 0.524. The predicted octanol–water partition coefficient (Wildman–Crippen LogP) is 4.85. The summed E-state index contributed by atoms with van der Waals surface area (Å²) in [5.41, 5.74) is 1.38. The maximum Gasteiger partial charge on any atom is 0.137 e. The predicted molar refractivity (Wildman–Crippen MR) is 81.2 cm³/mol. The second-order valence-corrected chi connectivity index (χ2v) is 5.66. The molecule has 0 saturated carbocycles. The van der Waals surface area contributed by atoms with Crippen LogP contribution < -0.4 is 4.74 Å². The highest BCUT2D eigenvalue weighted by molar-refractivity contribution is 9.10. The van der Waals surface area contributed by atoms with E-state index in [0.717, 1.165) is 4.47 Å². The molecule has 0 aliphatic heterocycles. The van der Waals surface area contributed by atoms with Gasteiger partial charge in [0, 0.05) is 15.1 Å². The molecule has 0 heterocycles. The molecule has 0 aliphatic rings. The lowest BCUT2D eigenvalue weighted by molar-refractivity contribution is 0.219. The third kappa shape index (κ3) is 3.23. The first-order valence-corrected chi connectivity index (χ1v) is 7.04. The summed E-state index contributed by atoms with van der Waals surface area (Å²) in [6.07, 6.45) is -0.806. The number of benzene rings is 2. The van der Waals surface area contributed by atoms with Gasteiger partial charge in [-0.25, -0.2) is 0 Å². The molecule has 5 heteroatoms. The average Bonchev–Trinajstić information content (AvgIpc) is 2.41. The van der Waals surface area contributed by atoms with Crippen molar-refractivity contribution in [3.63, 3.8) is 0 Å². The fraction of sp³-hybridized carbons (Fsp3) is 0.143. The zero-order valence-corrected chi connectivity index (χ0v) is 13.1. The fourth-order valence-corrected chi connectivity index (χ4v) is 2.59. The van der Waals surface area contributed by atoms with Crippen LogP contribution in [0.5, 0.6) is 5.75 Å². The summed E-state index contributed by atoms with van der Waals surface area (Å²) < 4.78 is 5.93. The molecule has 100 valence electrons. The van der Waals surface area contributed by atoms with E-state index in [1.165, 1.54) is 7.11 Å². The molecule has 0 aliphatic carbocycles. The van der Waals surface area contributed by atoms with E-state index in [2.05, 4.69) is 15.9 Å². The molecule has 19 heavy (non-hydrogen) atoms. The Morgan fingerprint density at radius 3 is 2.58 bits per heavy atom. The highest BCUT2D eigenvalue weighted by Crippen LogP contribution is 2.34. The van der Waals surface area contributed by atoms with E-state index >= 15 is 0 Å². The summed E-state index contributed by atoms with van der Waals surface area (Å²) in [5, 5.41) is 11.5. The number of aliphatic hydroxyl groups is 1. The zero-order valence-electron chi connectivity index (χ0n) is 10.0. The van der Waals surface area contributed by atoms with Gasteiger partial charge < -0.3 is 9.84 Å². The Hall–Kier alpha value is -0.740. The Kier molecular flexibility index (Phi) is 4.74. The van der Waals surface area contributed by atoms with E-state index in [4.69, 9.17) is 27.9 Å². The van der Waals surface area contributed by atoms with Gasteiger partial charge in [0.15, 0.2) is 0 Å². The Morgan fingerprint density at radius 2 is 1.89 bits per heavy atom. The first-order valence-electron chi connectivity index (χ1n) is 5.49. The van der Waals surface area contributed by atoms with Crippen molar-refractivity contribution >= 4 is 39.1 Å². The lowest BCUT2D eigenvalue weighted by Crippen LogP contribution is -2.01. The molecular formula is C14H11BrCl2O2. The first kappa shape index (κ1) is 14.7. The largest absolute Gasteiger partial charge is 0.495 e. The number of aliphatic hydroxyl groups excluding tert-OH is 1. The Balaban J connectivity index is 2.43. The van der Waals surface area contributed by atoms with Crippen LogP contribution in [0.3, 0.4) is 0 Å². The standard InChI is InChI=1S/C14H11BrCl2O2/c1-19-13-6-8(2-5-12(13)17)14(18)10-7-9(16)3-4-11(10)15/h2-7,14,18H,1H3. The van der Waals surface area contributed by atoms with Crippen molar-refractivity contribution in [1.82, 2.24) is 0 Å². The summed E-state index contributed by atoms with van der Waals surface area (Å²) in [6.45, 7) is 0. The minimum atomic E-state index is -0.806. The summed E-state index contributed by atoms with van der Waals surface area (Å²) in [6, 6.07) is 10.4. The van der Waals surface area contributed by atoms with E-state index in [0.29, 0.717) is 26.9 Å².